The van der Waals surface area contributed by atoms with Crippen LogP contribution in [0.2, 0.25) is 5.02 Å². The molecule has 0 radical (unpaired) electrons. The van der Waals surface area contributed by atoms with Crippen molar-refractivity contribution in [3.8, 4) is 0 Å². The number of nitrogens with one attached hydrogen (secondary N) is 1. The van der Waals surface area contributed by atoms with Crippen molar-refractivity contribution in [2.45, 2.75) is 13.5 Å². The van der Waals surface area contributed by atoms with Gasteiger partial charge in [-0.25, -0.2) is 0 Å². The molecule has 0 spiro atoms. The van der Waals surface area contributed by atoms with Gasteiger partial charge < -0.3 is 11.1 Å². The summed E-state index contributed by atoms with van der Waals surface area (Å²) >= 11 is 11.2. The van der Waals surface area contributed by atoms with E-state index in [4.69, 9.17) is 17.3 Å². The maximum atomic E-state index is 6.01. The maximum absolute atomic E-state index is 6.01. The number of rotatable bonds is 3. The lowest BCUT2D eigenvalue weighted by molar-refractivity contribution is 1.17. The van der Waals surface area contributed by atoms with Crippen LogP contribution in [0.3, 0.4) is 0 Å². The Morgan fingerprint density at radius 2 is 2.24 bits per heavy atom. The Morgan fingerprint density at radius 1 is 1.47 bits per heavy atom. The Balaban J connectivity index is 2.14. The first kappa shape index (κ1) is 12.7. The second kappa shape index (κ2) is 5.29. The van der Waals surface area contributed by atoms with E-state index in [1.807, 2.05) is 25.1 Å². The van der Waals surface area contributed by atoms with E-state index in [1.165, 1.54) is 4.88 Å². The molecule has 0 amide bonds. The van der Waals surface area contributed by atoms with Crippen molar-refractivity contribution in [2.75, 3.05) is 11.1 Å². The molecule has 1 heterocycles. The molecule has 2 aromatic rings. The van der Waals surface area contributed by atoms with Crippen molar-refractivity contribution < 1.29 is 0 Å². The molecule has 0 bridgehead atoms. The van der Waals surface area contributed by atoms with Crippen molar-refractivity contribution in [3.05, 3.63) is 43.5 Å². The molecule has 5 heteroatoms. The number of hydrogen-bond acceptors (Lipinski definition) is 3. The minimum Gasteiger partial charge on any atom is -0.398 e. The van der Waals surface area contributed by atoms with Crippen LogP contribution < -0.4 is 11.1 Å². The highest BCUT2D eigenvalue weighted by atomic mass is 79.9. The molecule has 17 heavy (non-hydrogen) atoms. The van der Waals surface area contributed by atoms with Gasteiger partial charge in [0.1, 0.15) is 0 Å². The summed E-state index contributed by atoms with van der Waals surface area (Å²) in [6.07, 6.45) is 0. The predicted molar refractivity (Wildman–Crippen MR) is 79.9 cm³/mol. The third-order valence-electron chi connectivity index (χ3n) is 2.47. The molecule has 0 atom stereocenters. The second-order valence-electron chi connectivity index (χ2n) is 3.73. The van der Waals surface area contributed by atoms with Gasteiger partial charge >= 0.3 is 0 Å². The van der Waals surface area contributed by atoms with Gasteiger partial charge in [-0.15, -0.1) is 11.3 Å². The summed E-state index contributed by atoms with van der Waals surface area (Å²) in [5, 5.41) is 6.01. The third-order valence-corrected chi connectivity index (χ3v) is 4.73. The van der Waals surface area contributed by atoms with E-state index in [0.717, 1.165) is 22.3 Å². The first-order chi connectivity index (χ1) is 8.08. The van der Waals surface area contributed by atoms with Crippen LogP contribution in [0.25, 0.3) is 0 Å². The Labute approximate surface area is 118 Å². The van der Waals surface area contributed by atoms with Crippen molar-refractivity contribution in [1.29, 1.82) is 0 Å². The van der Waals surface area contributed by atoms with E-state index in [2.05, 4.69) is 26.6 Å². The number of hydrogen-bond donors (Lipinski definition) is 2. The third kappa shape index (κ3) is 2.94. The highest BCUT2D eigenvalue weighted by molar-refractivity contribution is 9.10. The molecule has 3 N–H and O–H groups in total. The van der Waals surface area contributed by atoms with Gasteiger partial charge in [-0.05, 0) is 52.0 Å². The van der Waals surface area contributed by atoms with Crippen LogP contribution >= 0.6 is 38.9 Å². The molecule has 0 aliphatic rings. The number of thiophene rings is 1. The Kier molecular flexibility index (Phi) is 3.97. The van der Waals surface area contributed by atoms with Crippen LogP contribution in [0.15, 0.2) is 28.1 Å². The van der Waals surface area contributed by atoms with E-state index < -0.39 is 0 Å². The van der Waals surface area contributed by atoms with Crippen LogP contribution in [0, 0.1) is 6.92 Å². The maximum Gasteiger partial charge on any atom is 0.0656 e. The average molecular weight is 332 g/mol. The molecule has 0 saturated carbocycles. The van der Waals surface area contributed by atoms with Gasteiger partial charge in [-0.1, -0.05) is 11.6 Å². The fraction of sp³-hybridized carbons (Fsp3) is 0.167. The summed E-state index contributed by atoms with van der Waals surface area (Å²) in [5.41, 5.74) is 8.47. The van der Waals surface area contributed by atoms with Gasteiger partial charge in [0.25, 0.3) is 0 Å². The zero-order chi connectivity index (χ0) is 12.4. The van der Waals surface area contributed by atoms with Crippen LogP contribution in [-0.2, 0) is 6.54 Å². The summed E-state index contributed by atoms with van der Waals surface area (Å²) in [5.74, 6) is 0. The van der Waals surface area contributed by atoms with Crippen molar-refractivity contribution in [2.24, 2.45) is 0 Å². The van der Waals surface area contributed by atoms with E-state index in [9.17, 15) is 0 Å². The van der Waals surface area contributed by atoms with Gasteiger partial charge in [0, 0.05) is 15.0 Å². The van der Waals surface area contributed by atoms with Gasteiger partial charge in [0.05, 0.1) is 17.3 Å². The molecule has 2 rings (SSSR count). The Hall–Kier alpha value is -0.710. The topological polar surface area (TPSA) is 38.0 Å². The zero-order valence-corrected chi connectivity index (χ0v) is 12.4. The van der Waals surface area contributed by atoms with E-state index in [-0.39, 0.29) is 0 Å². The molecule has 0 aliphatic carbocycles. The minimum absolute atomic E-state index is 0.586. The smallest absolute Gasteiger partial charge is 0.0656 e. The Morgan fingerprint density at radius 3 is 2.88 bits per heavy atom. The molecular formula is C12H12BrClN2S. The molecule has 0 unspecified atom stereocenters. The number of nitrogens with two attached hydrogens (primary N) is 1. The lowest BCUT2D eigenvalue weighted by Gasteiger charge is -2.11. The van der Waals surface area contributed by atoms with Crippen LogP contribution in [0.4, 0.5) is 11.4 Å². The van der Waals surface area contributed by atoms with E-state index >= 15 is 0 Å². The first-order valence-corrected chi connectivity index (χ1v) is 7.14. The summed E-state index contributed by atoms with van der Waals surface area (Å²) in [4.78, 5) is 1.26. The summed E-state index contributed by atoms with van der Waals surface area (Å²) in [6, 6.07) is 5.80. The SMILES string of the molecule is Cc1cc(N)c(Cl)cc1NCc1sccc1Br. The highest BCUT2D eigenvalue weighted by Gasteiger charge is 2.05. The largest absolute Gasteiger partial charge is 0.398 e. The van der Waals surface area contributed by atoms with Crippen LogP contribution in [0.1, 0.15) is 10.4 Å². The van der Waals surface area contributed by atoms with E-state index in [0.29, 0.717) is 10.7 Å². The number of benzene rings is 1. The monoisotopic (exact) mass is 330 g/mol. The molecule has 90 valence electrons. The second-order valence-corrected chi connectivity index (χ2v) is 6.00. The standard InChI is InChI=1S/C12H12BrClN2S/c1-7-4-10(15)9(14)5-11(7)16-6-12-8(13)2-3-17-12/h2-5,16H,6,15H2,1H3. The fourth-order valence-corrected chi connectivity index (χ4v) is 3.12. The highest BCUT2D eigenvalue weighted by Crippen LogP contribution is 2.28. The summed E-state index contributed by atoms with van der Waals surface area (Å²) in [7, 11) is 0. The lowest BCUT2D eigenvalue weighted by Crippen LogP contribution is -2.01. The van der Waals surface area contributed by atoms with Crippen molar-refractivity contribution in [1.82, 2.24) is 0 Å². The first-order valence-electron chi connectivity index (χ1n) is 5.09. The quantitative estimate of drug-likeness (QED) is 0.802. The van der Waals surface area contributed by atoms with Gasteiger partial charge in [0.15, 0.2) is 0 Å². The van der Waals surface area contributed by atoms with E-state index in [1.54, 1.807) is 11.3 Å². The summed E-state index contributed by atoms with van der Waals surface area (Å²) in [6.45, 7) is 2.79. The normalized spacial score (nSPS) is 10.5. The van der Waals surface area contributed by atoms with Crippen molar-refractivity contribution in [3.63, 3.8) is 0 Å². The van der Waals surface area contributed by atoms with Crippen LogP contribution in [-0.4, -0.2) is 0 Å². The average Bonchev–Trinajstić information content (AvgIpc) is 2.68. The molecule has 1 aromatic carbocycles. The number of halogens is 2. The van der Waals surface area contributed by atoms with Gasteiger partial charge in [-0.2, -0.15) is 0 Å². The summed E-state index contributed by atoms with van der Waals surface area (Å²) < 4.78 is 1.13. The van der Waals surface area contributed by atoms with Gasteiger partial charge in [-0.3, -0.25) is 0 Å². The van der Waals surface area contributed by atoms with Crippen LogP contribution in [0.5, 0.6) is 0 Å². The number of aryl methyl sites for hydroxylation is 1. The molecule has 0 aliphatic heterocycles. The fourth-order valence-electron chi connectivity index (χ4n) is 1.52. The molecule has 0 fully saturated rings. The molecule has 2 nitrogen and oxygen atoms in total. The number of nitrogen functional groups attached to an aromatic ring is 1. The lowest BCUT2D eigenvalue weighted by atomic mass is 10.2. The number of anilines is 2. The zero-order valence-electron chi connectivity index (χ0n) is 9.26. The molecule has 1 aromatic heterocycles. The van der Waals surface area contributed by atoms with Crippen molar-refractivity contribution >= 4 is 50.2 Å². The minimum atomic E-state index is 0.586. The predicted octanol–water partition coefficient (Wildman–Crippen LogP) is 4.67. The molecular weight excluding hydrogens is 320 g/mol. The molecule has 0 saturated heterocycles. The Bertz CT molecular complexity index is 539. The van der Waals surface area contributed by atoms with Gasteiger partial charge in [0.2, 0.25) is 0 Å².